The Hall–Kier alpha value is -2.02. The summed E-state index contributed by atoms with van der Waals surface area (Å²) in [6.07, 6.45) is 4.93. The third kappa shape index (κ3) is 4.22. The van der Waals surface area contributed by atoms with Crippen molar-refractivity contribution >= 4 is 6.09 Å². The van der Waals surface area contributed by atoms with Gasteiger partial charge in [-0.3, -0.25) is 0 Å². The number of carbonyl (C=O) groups excluding carboxylic acids is 1. The van der Waals surface area contributed by atoms with Crippen molar-refractivity contribution in [1.82, 2.24) is 5.32 Å². The first-order valence-corrected chi connectivity index (χ1v) is 7.54. The van der Waals surface area contributed by atoms with Crippen LogP contribution in [0, 0.1) is 17.2 Å². The number of hydrogen-bond donors (Lipinski definition) is 1. The van der Waals surface area contributed by atoms with Gasteiger partial charge in [-0.25, -0.2) is 4.79 Å². The van der Waals surface area contributed by atoms with Crippen LogP contribution in [0.4, 0.5) is 4.79 Å². The predicted octanol–water partition coefficient (Wildman–Crippen LogP) is 3.78. The molecular formula is C17H22N2O2. The zero-order valence-electron chi connectivity index (χ0n) is 12.5. The normalized spacial score (nSPS) is 18.3. The minimum atomic E-state index is -0.839. The van der Waals surface area contributed by atoms with Gasteiger partial charge in [0.2, 0.25) is 0 Å². The topological polar surface area (TPSA) is 62.1 Å². The highest BCUT2D eigenvalue weighted by Crippen LogP contribution is 2.32. The van der Waals surface area contributed by atoms with Crippen LogP contribution in [0.1, 0.15) is 44.6 Å². The van der Waals surface area contributed by atoms with Gasteiger partial charge in [0.1, 0.15) is 12.1 Å². The molecule has 4 heteroatoms. The molecule has 0 spiro atoms. The van der Waals surface area contributed by atoms with E-state index < -0.39 is 11.6 Å². The summed E-state index contributed by atoms with van der Waals surface area (Å²) < 4.78 is 5.22. The number of amides is 1. The molecule has 112 valence electrons. The van der Waals surface area contributed by atoms with Crippen molar-refractivity contribution in [3.05, 3.63) is 35.9 Å². The molecule has 2 rings (SSSR count). The van der Waals surface area contributed by atoms with Gasteiger partial charge in [0.25, 0.3) is 0 Å². The molecule has 0 radical (unpaired) electrons. The van der Waals surface area contributed by atoms with Gasteiger partial charge in [0, 0.05) is 0 Å². The van der Waals surface area contributed by atoms with Crippen molar-refractivity contribution in [3.63, 3.8) is 0 Å². The summed E-state index contributed by atoms with van der Waals surface area (Å²) >= 11 is 0. The smallest absolute Gasteiger partial charge is 0.408 e. The van der Waals surface area contributed by atoms with Crippen molar-refractivity contribution in [2.45, 2.75) is 51.2 Å². The van der Waals surface area contributed by atoms with Gasteiger partial charge in [-0.15, -0.1) is 0 Å². The first-order chi connectivity index (χ1) is 10.1. The molecule has 1 fully saturated rings. The Morgan fingerprint density at radius 2 is 2.00 bits per heavy atom. The average molecular weight is 286 g/mol. The molecule has 1 saturated carbocycles. The van der Waals surface area contributed by atoms with Crippen molar-refractivity contribution in [2.75, 3.05) is 0 Å². The molecule has 1 atom stereocenters. The highest BCUT2D eigenvalue weighted by molar-refractivity contribution is 5.69. The lowest BCUT2D eigenvalue weighted by atomic mass is 9.76. The van der Waals surface area contributed by atoms with Crippen LogP contribution in [0.15, 0.2) is 30.3 Å². The van der Waals surface area contributed by atoms with Crippen LogP contribution in [0.2, 0.25) is 0 Å². The maximum absolute atomic E-state index is 11.9. The number of carbonyl (C=O) groups is 1. The Morgan fingerprint density at radius 1 is 1.33 bits per heavy atom. The third-order valence-corrected chi connectivity index (χ3v) is 4.23. The summed E-state index contributed by atoms with van der Waals surface area (Å²) in [5, 5.41) is 12.2. The van der Waals surface area contributed by atoms with Crippen LogP contribution in [-0.4, -0.2) is 11.6 Å². The second kappa shape index (κ2) is 7.12. The van der Waals surface area contributed by atoms with Crippen molar-refractivity contribution in [1.29, 1.82) is 5.26 Å². The molecule has 0 heterocycles. The standard InChI is InChI=1S/C17H22N2O2/c1-17(13-18,15-10-6-3-7-11-15)19-16(20)21-12-14-8-4-2-5-9-14/h2,4-5,8-9,15H,3,6-7,10-12H2,1H3,(H,19,20). The predicted molar refractivity (Wildman–Crippen MR) is 80.4 cm³/mol. The molecule has 0 bridgehead atoms. The Morgan fingerprint density at radius 3 is 2.62 bits per heavy atom. The van der Waals surface area contributed by atoms with Crippen molar-refractivity contribution in [3.8, 4) is 6.07 Å². The quantitative estimate of drug-likeness (QED) is 0.916. The number of alkyl carbamates (subject to hydrolysis) is 1. The van der Waals surface area contributed by atoms with E-state index in [0.717, 1.165) is 31.2 Å². The Bertz CT molecular complexity index is 503. The Kier molecular flexibility index (Phi) is 5.21. The number of ether oxygens (including phenoxy) is 1. The summed E-state index contributed by atoms with van der Waals surface area (Å²) in [7, 11) is 0. The van der Waals surface area contributed by atoms with E-state index in [0.29, 0.717) is 0 Å². The number of benzene rings is 1. The Labute approximate surface area is 126 Å². The molecule has 4 nitrogen and oxygen atoms in total. The van der Waals surface area contributed by atoms with Gasteiger partial charge in [0.15, 0.2) is 0 Å². The molecule has 0 saturated heterocycles. The first kappa shape index (κ1) is 15.4. The summed E-state index contributed by atoms with van der Waals surface area (Å²) in [6, 6.07) is 11.8. The lowest BCUT2D eigenvalue weighted by Crippen LogP contribution is -2.51. The van der Waals surface area contributed by atoms with E-state index in [1.54, 1.807) is 6.92 Å². The molecule has 1 aromatic rings. The van der Waals surface area contributed by atoms with E-state index >= 15 is 0 Å². The van der Waals surface area contributed by atoms with Crippen LogP contribution in [-0.2, 0) is 11.3 Å². The summed E-state index contributed by atoms with van der Waals surface area (Å²) in [6.45, 7) is 2.02. The molecule has 21 heavy (non-hydrogen) atoms. The van der Waals surface area contributed by atoms with E-state index in [1.807, 2.05) is 30.3 Å². The van der Waals surface area contributed by atoms with Gasteiger partial charge >= 0.3 is 6.09 Å². The van der Waals surface area contributed by atoms with Gasteiger partial charge in [-0.2, -0.15) is 5.26 Å². The molecule has 1 N–H and O–H groups in total. The molecule has 0 aliphatic heterocycles. The van der Waals surface area contributed by atoms with Crippen LogP contribution in [0.25, 0.3) is 0 Å². The zero-order valence-corrected chi connectivity index (χ0v) is 12.5. The SMILES string of the molecule is CC(C#N)(NC(=O)OCc1ccccc1)C1CCCCC1. The van der Waals surface area contributed by atoms with E-state index in [9.17, 15) is 10.1 Å². The molecule has 1 aliphatic carbocycles. The minimum absolute atomic E-state index is 0.209. The van der Waals surface area contributed by atoms with Gasteiger partial charge in [0.05, 0.1) is 6.07 Å². The third-order valence-electron chi connectivity index (χ3n) is 4.23. The zero-order chi connectivity index (χ0) is 15.1. The average Bonchev–Trinajstić information content (AvgIpc) is 2.54. The summed E-state index contributed by atoms with van der Waals surface area (Å²) in [5.74, 6) is 0.209. The van der Waals surface area contributed by atoms with Crippen LogP contribution in [0.3, 0.4) is 0 Å². The fourth-order valence-electron chi connectivity index (χ4n) is 2.87. The fraction of sp³-hybridized carbons (Fsp3) is 0.529. The molecule has 1 amide bonds. The van der Waals surface area contributed by atoms with E-state index in [2.05, 4.69) is 11.4 Å². The highest BCUT2D eigenvalue weighted by Gasteiger charge is 2.37. The molecule has 1 aromatic carbocycles. The molecule has 1 aliphatic rings. The maximum Gasteiger partial charge on any atom is 0.408 e. The summed E-state index contributed by atoms with van der Waals surface area (Å²) in [5.41, 5.74) is 0.0951. The second-order valence-electron chi connectivity index (χ2n) is 5.84. The van der Waals surface area contributed by atoms with E-state index in [1.165, 1.54) is 6.42 Å². The number of rotatable bonds is 4. The minimum Gasteiger partial charge on any atom is -0.445 e. The fourth-order valence-corrected chi connectivity index (χ4v) is 2.87. The number of nitriles is 1. The van der Waals surface area contributed by atoms with Gasteiger partial charge < -0.3 is 10.1 Å². The van der Waals surface area contributed by atoms with Crippen LogP contribution >= 0.6 is 0 Å². The van der Waals surface area contributed by atoms with Crippen molar-refractivity contribution < 1.29 is 9.53 Å². The molecule has 0 aromatic heterocycles. The lowest BCUT2D eigenvalue weighted by Gasteiger charge is -2.34. The maximum atomic E-state index is 11.9. The molecular weight excluding hydrogens is 264 g/mol. The van der Waals surface area contributed by atoms with Gasteiger partial charge in [-0.05, 0) is 31.2 Å². The van der Waals surface area contributed by atoms with Crippen LogP contribution < -0.4 is 5.32 Å². The first-order valence-electron chi connectivity index (χ1n) is 7.54. The van der Waals surface area contributed by atoms with Crippen LogP contribution in [0.5, 0.6) is 0 Å². The Balaban J connectivity index is 1.88. The molecule has 1 unspecified atom stereocenters. The highest BCUT2D eigenvalue weighted by atomic mass is 16.5. The largest absolute Gasteiger partial charge is 0.445 e. The number of nitrogens with zero attached hydrogens (tertiary/aromatic N) is 1. The van der Waals surface area contributed by atoms with E-state index in [4.69, 9.17) is 4.74 Å². The number of hydrogen-bond acceptors (Lipinski definition) is 3. The lowest BCUT2D eigenvalue weighted by molar-refractivity contribution is 0.121. The van der Waals surface area contributed by atoms with Crippen molar-refractivity contribution in [2.24, 2.45) is 5.92 Å². The second-order valence-corrected chi connectivity index (χ2v) is 5.84. The summed E-state index contributed by atoms with van der Waals surface area (Å²) in [4.78, 5) is 11.9. The number of nitrogens with one attached hydrogen (secondary N) is 1. The van der Waals surface area contributed by atoms with Gasteiger partial charge in [-0.1, -0.05) is 49.6 Å². The monoisotopic (exact) mass is 286 g/mol. The van der Waals surface area contributed by atoms with E-state index in [-0.39, 0.29) is 12.5 Å².